The molecule has 4 heteroatoms. The fourth-order valence-electron chi connectivity index (χ4n) is 4.19. The highest BCUT2D eigenvalue weighted by molar-refractivity contribution is 5.84. The predicted octanol–water partition coefficient (Wildman–Crippen LogP) is 7.74. The number of aryl methyl sites for hydroxylation is 4. The first kappa shape index (κ1) is 24.4. The lowest BCUT2D eigenvalue weighted by Gasteiger charge is -2.10. The summed E-state index contributed by atoms with van der Waals surface area (Å²) >= 11 is 0. The maximum absolute atomic E-state index is 15.2. The quantitative estimate of drug-likeness (QED) is 0.223. The molecule has 35 heavy (non-hydrogen) atoms. The Kier molecular flexibility index (Phi) is 8.11. The van der Waals surface area contributed by atoms with Gasteiger partial charge < -0.3 is 4.74 Å². The van der Waals surface area contributed by atoms with Gasteiger partial charge in [0.1, 0.15) is 23.5 Å². The number of fused-ring (bicyclic) bond motifs is 1. The molecule has 4 aromatic carbocycles. The van der Waals surface area contributed by atoms with Gasteiger partial charge in [-0.15, -0.1) is 0 Å². The van der Waals surface area contributed by atoms with E-state index in [9.17, 15) is 4.39 Å². The van der Waals surface area contributed by atoms with Crippen LogP contribution in [-0.4, -0.2) is 6.61 Å². The Morgan fingerprint density at radius 2 is 1.46 bits per heavy atom. The number of nitriles is 1. The van der Waals surface area contributed by atoms with Crippen molar-refractivity contribution in [3.63, 3.8) is 0 Å². The van der Waals surface area contributed by atoms with Gasteiger partial charge in [0.25, 0.3) is 0 Å². The van der Waals surface area contributed by atoms with E-state index < -0.39 is 5.82 Å². The molecule has 0 spiro atoms. The molecule has 0 N–H and O–H groups in total. The van der Waals surface area contributed by atoms with Crippen LogP contribution in [0, 0.1) is 23.0 Å². The largest absolute Gasteiger partial charge is 0.494 e. The first-order valence-electron chi connectivity index (χ1n) is 12.2. The van der Waals surface area contributed by atoms with E-state index in [1.165, 1.54) is 23.3 Å². The van der Waals surface area contributed by atoms with Gasteiger partial charge in [0.15, 0.2) is 0 Å². The summed E-state index contributed by atoms with van der Waals surface area (Å²) in [6.07, 6.45) is 4.93. The van der Waals surface area contributed by atoms with Crippen molar-refractivity contribution < 1.29 is 13.5 Å². The van der Waals surface area contributed by atoms with Crippen LogP contribution in [0.25, 0.3) is 10.8 Å². The molecule has 0 atom stereocenters. The minimum absolute atomic E-state index is 0.0230. The Labute approximate surface area is 205 Å². The number of halogens is 2. The van der Waals surface area contributed by atoms with E-state index in [0.717, 1.165) is 49.0 Å². The molecule has 178 valence electrons. The number of ether oxygens (including phenoxy) is 1. The van der Waals surface area contributed by atoms with Crippen molar-refractivity contribution in [3.8, 4) is 11.8 Å². The summed E-state index contributed by atoms with van der Waals surface area (Å²) in [7, 11) is 0. The summed E-state index contributed by atoms with van der Waals surface area (Å²) in [5, 5.41) is 10.3. The molecule has 0 saturated heterocycles. The topological polar surface area (TPSA) is 33.0 Å². The Hall–Kier alpha value is -3.71. The third-order valence-corrected chi connectivity index (χ3v) is 6.33. The first-order chi connectivity index (χ1) is 17.1. The van der Waals surface area contributed by atoms with E-state index in [-0.39, 0.29) is 11.4 Å². The van der Waals surface area contributed by atoms with Crippen molar-refractivity contribution in [1.29, 1.82) is 5.26 Å². The van der Waals surface area contributed by atoms with Crippen LogP contribution < -0.4 is 4.74 Å². The zero-order chi connectivity index (χ0) is 24.6. The molecule has 0 heterocycles. The maximum atomic E-state index is 15.2. The van der Waals surface area contributed by atoms with E-state index in [0.29, 0.717) is 23.8 Å². The lowest BCUT2D eigenvalue weighted by Crippen LogP contribution is -1.98. The zero-order valence-electron chi connectivity index (χ0n) is 20.0. The number of hydrogen-bond acceptors (Lipinski definition) is 2. The molecule has 0 aliphatic heterocycles. The Morgan fingerprint density at radius 1 is 0.771 bits per heavy atom. The summed E-state index contributed by atoms with van der Waals surface area (Å²) in [5.41, 5.74) is 3.79. The van der Waals surface area contributed by atoms with Crippen molar-refractivity contribution in [1.82, 2.24) is 0 Å². The second kappa shape index (κ2) is 11.6. The van der Waals surface area contributed by atoms with Gasteiger partial charge in [-0.25, -0.2) is 8.78 Å². The van der Waals surface area contributed by atoms with Crippen LogP contribution in [0.15, 0.2) is 72.8 Å². The number of benzene rings is 4. The standard InChI is InChI=1S/C31H29F2NO/c1-2-3-18-35-28-15-8-22(9-16-28)4-5-23-10-17-29-26(19-23)14-13-25(31(29)33)11-6-24-7-12-27(21-34)30(32)20-24/h7-10,12-17,19-20H,2-6,11,18H2,1H3. The summed E-state index contributed by atoms with van der Waals surface area (Å²) < 4.78 is 34.7. The van der Waals surface area contributed by atoms with Crippen molar-refractivity contribution in [2.45, 2.75) is 45.4 Å². The van der Waals surface area contributed by atoms with Crippen molar-refractivity contribution in [2.24, 2.45) is 0 Å². The van der Waals surface area contributed by atoms with E-state index in [2.05, 4.69) is 25.1 Å². The monoisotopic (exact) mass is 469 g/mol. The molecule has 0 aliphatic rings. The molecule has 0 radical (unpaired) electrons. The molecule has 0 unspecified atom stereocenters. The molecule has 0 saturated carbocycles. The molecule has 2 nitrogen and oxygen atoms in total. The van der Waals surface area contributed by atoms with Crippen LogP contribution in [0.1, 0.15) is 47.6 Å². The van der Waals surface area contributed by atoms with Crippen LogP contribution in [0.3, 0.4) is 0 Å². The van der Waals surface area contributed by atoms with Gasteiger partial charge in [0.2, 0.25) is 0 Å². The Balaban J connectivity index is 1.38. The summed E-state index contributed by atoms with van der Waals surface area (Å²) in [6, 6.07) is 24.3. The van der Waals surface area contributed by atoms with Gasteiger partial charge >= 0.3 is 0 Å². The fourth-order valence-corrected chi connectivity index (χ4v) is 4.19. The third-order valence-electron chi connectivity index (χ3n) is 6.33. The van der Waals surface area contributed by atoms with Crippen LogP contribution in [-0.2, 0) is 25.7 Å². The summed E-state index contributed by atoms with van der Waals surface area (Å²) in [5.74, 6) is 0.151. The predicted molar refractivity (Wildman–Crippen MR) is 137 cm³/mol. The van der Waals surface area contributed by atoms with Gasteiger partial charge in [-0.1, -0.05) is 61.9 Å². The number of unbranched alkanes of at least 4 members (excludes halogenated alkanes) is 1. The van der Waals surface area contributed by atoms with Gasteiger partial charge in [0.05, 0.1) is 12.2 Å². The highest BCUT2D eigenvalue weighted by atomic mass is 19.1. The van der Waals surface area contributed by atoms with Gasteiger partial charge in [-0.05, 0) is 84.0 Å². The molecule has 4 rings (SSSR count). The lowest BCUT2D eigenvalue weighted by atomic mass is 9.97. The molecule has 0 bridgehead atoms. The zero-order valence-corrected chi connectivity index (χ0v) is 20.0. The van der Waals surface area contributed by atoms with Gasteiger partial charge in [-0.2, -0.15) is 5.26 Å². The van der Waals surface area contributed by atoms with Crippen molar-refractivity contribution in [2.75, 3.05) is 6.61 Å². The van der Waals surface area contributed by atoms with Crippen LogP contribution in [0.5, 0.6) is 5.75 Å². The molecular formula is C31H29F2NO. The van der Waals surface area contributed by atoms with E-state index in [1.807, 2.05) is 42.5 Å². The minimum atomic E-state index is -0.534. The molecule has 0 fully saturated rings. The average Bonchev–Trinajstić information content (AvgIpc) is 2.88. The van der Waals surface area contributed by atoms with Crippen LogP contribution in [0.4, 0.5) is 8.78 Å². The van der Waals surface area contributed by atoms with E-state index in [1.54, 1.807) is 6.07 Å². The smallest absolute Gasteiger partial charge is 0.141 e. The number of hydrogen-bond donors (Lipinski definition) is 0. The van der Waals surface area contributed by atoms with Gasteiger partial charge in [-0.3, -0.25) is 0 Å². The number of nitrogens with zero attached hydrogens (tertiary/aromatic N) is 1. The normalized spacial score (nSPS) is 10.9. The highest BCUT2D eigenvalue weighted by Gasteiger charge is 2.10. The second-order valence-corrected chi connectivity index (χ2v) is 8.87. The molecule has 4 aromatic rings. The third kappa shape index (κ3) is 6.25. The summed E-state index contributed by atoms with van der Waals surface area (Å²) in [4.78, 5) is 0. The molecule has 0 amide bonds. The Bertz CT molecular complexity index is 1340. The highest BCUT2D eigenvalue weighted by Crippen LogP contribution is 2.25. The molecule has 0 aromatic heterocycles. The molecular weight excluding hydrogens is 440 g/mol. The minimum Gasteiger partial charge on any atom is -0.494 e. The van der Waals surface area contributed by atoms with Crippen LogP contribution in [0.2, 0.25) is 0 Å². The second-order valence-electron chi connectivity index (χ2n) is 8.87. The fraction of sp³-hybridized carbons (Fsp3) is 0.258. The van der Waals surface area contributed by atoms with E-state index in [4.69, 9.17) is 10.00 Å². The lowest BCUT2D eigenvalue weighted by molar-refractivity contribution is 0.309. The SMILES string of the molecule is CCCCOc1ccc(CCc2ccc3c(F)c(CCc4ccc(C#N)c(F)c4)ccc3c2)cc1. The van der Waals surface area contributed by atoms with Crippen LogP contribution >= 0.6 is 0 Å². The molecule has 0 aliphatic carbocycles. The van der Waals surface area contributed by atoms with Crippen molar-refractivity contribution in [3.05, 3.63) is 112 Å². The summed E-state index contributed by atoms with van der Waals surface area (Å²) in [6.45, 7) is 2.90. The van der Waals surface area contributed by atoms with E-state index >= 15 is 4.39 Å². The maximum Gasteiger partial charge on any atom is 0.141 e. The van der Waals surface area contributed by atoms with Gasteiger partial charge in [0, 0.05) is 5.39 Å². The first-order valence-corrected chi connectivity index (χ1v) is 12.2. The number of rotatable bonds is 10. The Morgan fingerprint density at radius 3 is 2.20 bits per heavy atom. The average molecular weight is 470 g/mol. The van der Waals surface area contributed by atoms with Crippen molar-refractivity contribution >= 4 is 10.8 Å².